The molecule has 17 heavy (non-hydrogen) atoms. The zero-order chi connectivity index (χ0) is 13.0. The predicted octanol–water partition coefficient (Wildman–Crippen LogP) is 4.60. The summed E-state index contributed by atoms with van der Waals surface area (Å²) in [5, 5.41) is 0. The van der Waals surface area contributed by atoms with E-state index in [-0.39, 0.29) is 0 Å². The number of hydrogen-bond acceptors (Lipinski definition) is 1. The second-order valence-corrected chi connectivity index (χ2v) is 6.55. The molecule has 0 heterocycles. The molecule has 1 aromatic carbocycles. The van der Waals surface area contributed by atoms with Gasteiger partial charge in [-0.25, -0.2) is 0 Å². The normalized spacial score (nSPS) is 14.8. The van der Waals surface area contributed by atoms with E-state index in [1.54, 1.807) is 7.11 Å². The van der Waals surface area contributed by atoms with Crippen LogP contribution in [0.3, 0.4) is 0 Å². The highest BCUT2D eigenvalue weighted by molar-refractivity contribution is 9.09. The highest BCUT2D eigenvalue weighted by atomic mass is 79.9. The third-order valence-corrected chi connectivity index (χ3v) is 4.02. The summed E-state index contributed by atoms with van der Waals surface area (Å²) in [7, 11) is 1.75. The summed E-state index contributed by atoms with van der Waals surface area (Å²) in [6, 6.07) is 6.41. The van der Waals surface area contributed by atoms with Crippen molar-refractivity contribution in [2.45, 2.75) is 38.9 Å². The standard InChI is InChI=1S/C15H23BrO/c1-10(2)14(12(4)16)9-13-8-11(3)6-7-15(13)17-5/h6-8,10,12,14H,9H2,1-5H3. The first-order valence-electron chi connectivity index (χ1n) is 6.23. The van der Waals surface area contributed by atoms with Crippen molar-refractivity contribution in [2.75, 3.05) is 7.11 Å². The van der Waals surface area contributed by atoms with Gasteiger partial charge in [-0.1, -0.05) is 54.4 Å². The molecule has 0 amide bonds. The van der Waals surface area contributed by atoms with Gasteiger partial charge in [0.2, 0.25) is 0 Å². The molecule has 0 radical (unpaired) electrons. The Morgan fingerprint density at radius 2 is 1.88 bits per heavy atom. The van der Waals surface area contributed by atoms with E-state index in [2.05, 4.69) is 61.8 Å². The molecule has 1 nitrogen and oxygen atoms in total. The van der Waals surface area contributed by atoms with Crippen LogP contribution in [-0.2, 0) is 6.42 Å². The van der Waals surface area contributed by atoms with Crippen LogP contribution in [0.1, 0.15) is 31.9 Å². The Labute approximate surface area is 114 Å². The zero-order valence-electron chi connectivity index (χ0n) is 11.5. The van der Waals surface area contributed by atoms with Gasteiger partial charge in [0, 0.05) is 4.83 Å². The second kappa shape index (κ2) is 6.44. The number of alkyl halides is 1. The van der Waals surface area contributed by atoms with E-state index in [9.17, 15) is 0 Å². The molecule has 0 spiro atoms. The highest BCUT2D eigenvalue weighted by Crippen LogP contribution is 2.30. The van der Waals surface area contributed by atoms with E-state index in [0.29, 0.717) is 16.7 Å². The molecule has 0 saturated carbocycles. The SMILES string of the molecule is COc1ccc(C)cc1CC(C(C)C)C(C)Br. The van der Waals surface area contributed by atoms with Crippen LogP contribution in [0.5, 0.6) is 5.75 Å². The van der Waals surface area contributed by atoms with Gasteiger partial charge in [-0.05, 0) is 36.8 Å². The van der Waals surface area contributed by atoms with Crippen molar-refractivity contribution < 1.29 is 4.74 Å². The maximum atomic E-state index is 5.45. The minimum atomic E-state index is 0.521. The summed E-state index contributed by atoms with van der Waals surface area (Å²) in [5.74, 6) is 2.30. The average molecular weight is 299 g/mol. The summed E-state index contributed by atoms with van der Waals surface area (Å²) >= 11 is 3.72. The van der Waals surface area contributed by atoms with Crippen molar-refractivity contribution >= 4 is 15.9 Å². The van der Waals surface area contributed by atoms with Crippen LogP contribution in [0, 0.1) is 18.8 Å². The van der Waals surface area contributed by atoms with E-state index in [1.165, 1.54) is 11.1 Å². The van der Waals surface area contributed by atoms with E-state index in [1.807, 2.05) is 0 Å². The molecular formula is C15H23BrO. The van der Waals surface area contributed by atoms with Crippen LogP contribution in [0.25, 0.3) is 0 Å². The molecule has 1 rings (SSSR count). The molecule has 0 bridgehead atoms. The smallest absolute Gasteiger partial charge is 0.122 e. The molecule has 0 fully saturated rings. The number of methoxy groups -OCH3 is 1. The topological polar surface area (TPSA) is 9.23 Å². The summed E-state index contributed by atoms with van der Waals surface area (Å²) < 4.78 is 5.45. The van der Waals surface area contributed by atoms with Crippen molar-refractivity contribution in [3.63, 3.8) is 0 Å². The van der Waals surface area contributed by atoms with E-state index >= 15 is 0 Å². The molecule has 1 aromatic rings. The Kier molecular flexibility index (Phi) is 5.51. The van der Waals surface area contributed by atoms with Crippen LogP contribution < -0.4 is 4.74 Å². The Morgan fingerprint density at radius 1 is 1.24 bits per heavy atom. The van der Waals surface area contributed by atoms with Crippen LogP contribution in [-0.4, -0.2) is 11.9 Å². The summed E-state index contributed by atoms with van der Waals surface area (Å²) in [6.45, 7) is 8.92. The maximum Gasteiger partial charge on any atom is 0.122 e. The van der Waals surface area contributed by atoms with Crippen molar-refractivity contribution in [3.05, 3.63) is 29.3 Å². The third kappa shape index (κ3) is 4.02. The zero-order valence-corrected chi connectivity index (χ0v) is 13.0. The number of rotatable bonds is 5. The first kappa shape index (κ1) is 14.6. The number of benzene rings is 1. The fourth-order valence-corrected chi connectivity index (χ4v) is 3.05. The molecule has 2 unspecified atom stereocenters. The minimum absolute atomic E-state index is 0.521. The van der Waals surface area contributed by atoms with Crippen molar-refractivity contribution in [3.8, 4) is 5.75 Å². The van der Waals surface area contributed by atoms with Gasteiger partial charge in [-0.3, -0.25) is 0 Å². The lowest BCUT2D eigenvalue weighted by molar-refractivity contribution is 0.367. The van der Waals surface area contributed by atoms with E-state index in [0.717, 1.165) is 12.2 Å². The van der Waals surface area contributed by atoms with Crippen LogP contribution in [0.2, 0.25) is 0 Å². The molecule has 0 aliphatic heterocycles. The number of halogens is 1. The van der Waals surface area contributed by atoms with Gasteiger partial charge in [0.05, 0.1) is 7.11 Å². The second-order valence-electron chi connectivity index (χ2n) is 5.10. The van der Waals surface area contributed by atoms with E-state index in [4.69, 9.17) is 4.74 Å². The van der Waals surface area contributed by atoms with Gasteiger partial charge in [0.15, 0.2) is 0 Å². The fraction of sp³-hybridized carbons (Fsp3) is 0.600. The largest absolute Gasteiger partial charge is 0.496 e. The first-order valence-corrected chi connectivity index (χ1v) is 7.14. The van der Waals surface area contributed by atoms with Gasteiger partial charge in [-0.2, -0.15) is 0 Å². The van der Waals surface area contributed by atoms with Crippen molar-refractivity contribution in [1.29, 1.82) is 0 Å². The quantitative estimate of drug-likeness (QED) is 0.722. The minimum Gasteiger partial charge on any atom is -0.496 e. The Hall–Kier alpha value is -0.500. The van der Waals surface area contributed by atoms with Crippen LogP contribution >= 0.6 is 15.9 Å². The number of ether oxygens (including phenoxy) is 1. The van der Waals surface area contributed by atoms with Crippen LogP contribution in [0.4, 0.5) is 0 Å². The molecule has 0 N–H and O–H groups in total. The van der Waals surface area contributed by atoms with Gasteiger partial charge < -0.3 is 4.74 Å². The molecule has 0 aromatic heterocycles. The Balaban J connectivity index is 2.95. The maximum absolute atomic E-state index is 5.45. The summed E-state index contributed by atoms with van der Waals surface area (Å²) in [6.07, 6.45) is 1.06. The third-order valence-electron chi connectivity index (χ3n) is 3.34. The first-order chi connectivity index (χ1) is 7.95. The van der Waals surface area contributed by atoms with Gasteiger partial charge >= 0.3 is 0 Å². The van der Waals surface area contributed by atoms with Crippen molar-refractivity contribution in [2.24, 2.45) is 11.8 Å². The molecule has 0 aliphatic rings. The number of aryl methyl sites for hydroxylation is 1. The summed E-state index contributed by atoms with van der Waals surface area (Å²) in [4.78, 5) is 0.521. The van der Waals surface area contributed by atoms with Crippen molar-refractivity contribution in [1.82, 2.24) is 0 Å². The molecule has 2 atom stereocenters. The molecule has 0 saturated heterocycles. The van der Waals surface area contributed by atoms with Gasteiger partial charge in [-0.15, -0.1) is 0 Å². The predicted molar refractivity (Wildman–Crippen MR) is 78.2 cm³/mol. The molecular weight excluding hydrogens is 276 g/mol. The van der Waals surface area contributed by atoms with E-state index < -0.39 is 0 Å². The lowest BCUT2D eigenvalue weighted by atomic mass is 9.86. The lowest BCUT2D eigenvalue weighted by Crippen LogP contribution is -2.20. The Bertz CT molecular complexity index is 350. The summed E-state index contributed by atoms with van der Waals surface area (Å²) in [5.41, 5.74) is 2.61. The van der Waals surface area contributed by atoms with Crippen LogP contribution in [0.15, 0.2) is 18.2 Å². The average Bonchev–Trinajstić information content (AvgIpc) is 2.25. The molecule has 96 valence electrons. The van der Waals surface area contributed by atoms with Gasteiger partial charge in [0.1, 0.15) is 5.75 Å². The Morgan fingerprint density at radius 3 is 2.35 bits per heavy atom. The van der Waals surface area contributed by atoms with Gasteiger partial charge in [0.25, 0.3) is 0 Å². The monoisotopic (exact) mass is 298 g/mol. The fourth-order valence-electron chi connectivity index (χ4n) is 2.25. The number of hydrogen-bond donors (Lipinski definition) is 0. The lowest BCUT2D eigenvalue weighted by Gasteiger charge is -2.24. The molecule has 2 heteroatoms. The molecule has 0 aliphatic carbocycles. The highest BCUT2D eigenvalue weighted by Gasteiger charge is 2.20.